The Labute approximate surface area is 219 Å². The zero-order valence-electron chi connectivity index (χ0n) is 21.2. The first-order valence-corrected chi connectivity index (χ1v) is 13.6. The maximum atomic E-state index is 13.2. The van der Waals surface area contributed by atoms with Crippen LogP contribution in [0.15, 0.2) is 42.5 Å². The lowest BCUT2D eigenvalue weighted by atomic mass is 10.0. The zero-order chi connectivity index (χ0) is 26.3. The van der Waals surface area contributed by atoms with Gasteiger partial charge in [-0.3, -0.25) is 5.10 Å². The number of nitrogens with one attached hydrogen (secondary N) is 3. The number of alkyl halides is 3. The molecule has 4 rings (SSSR count). The molecule has 4 aromatic rings. The van der Waals surface area contributed by atoms with Crippen LogP contribution in [-0.2, 0) is 12.6 Å². The predicted molar refractivity (Wildman–Crippen MR) is 144 cm³/mol. The normalized spacial score (nSPS) is 12.8. The molecule has 1 unspecified atom stereocenters. The summed E-state index contributed by atoms with van der Waals surface area (Å²) in [5.41, 5.74) is 2.91. The average Bonchev–Trinajstić information content (AvgIpc) is 3.51. The van der Waals surface area contributed by atoms with E-state index in [0.29, 0.717) is 23.7 Å². The van der Waals surface area contributed by atoms with Crippen LogP contribution in [0, 0.1) is 6.92 Å². The summed E-state index contributed by atoms with van der Waals surface area (Å²) in [5, 5.41) is 25.3. The van der Waals surface area contributed by atoms with Crippen molar-refractivity contribution < 1.29 is 13.2 Å². The fraction of sp³-hybridized carbons (Fsp3) is 0.444. The van der Waals surface area contributed by atoms with E-state index in [2.05, 4.69) is 44.0 Å². The van der Waals surface area contributed by atoms with Crippen LogP contribution < -0.4 is 10.6 Å². The second-order valence-corrected chi connectivity index (χ2v) is 10.3. The Balaban J connectivity index is 1.41. The summed E-state index contributed by atoms with van der Waals surface area (Å²) in [7, 11) is 0. The molecule has 0 aliphatic rings. The first-order chi connectivity index (χ1) is 17.8. The topological polar surface area (TPSA) is 78.5 Å². The number of aryl methyl sites for hydroxylation is 1. The molecule has 0 aliphatic carbocycles. The van der Waals surface area contributed by atoms with Gasteiger partial charge in [0.25, 0.3) is 0 Å². The molecule has 2 heterocycles. The van der Waals surface area contributed by atoms with Gasteiger partial charge in [-0.2, -0.15) is 18.3 Å². The molecule has 198 valence electrons. The molecule has 6 nitrogen and oxygen atoms in total. The van der Waals surface area contributed by atoms with E-state index >= 15 is 0 Å². The van der Waals surface area contributed by atoms with Gasteiger partial charge in [0.2, 0.25) is 5.13 Å². The van der Waals surface area contributed by atoms with Gasteiger partial charge in [0.15, 0.2) is 0 Å². The van der Waals surface area contributed by atoms with Crippen molar-refractivity contribution >= 4 is 27.4 Å². The van der Waals surface area contributed by atoms with E-state index in [9.17, 15) is 13.2 Å². The van der Waals surface area contributed by atoms with Crippen LogP contribution >= 0.6 is 11.3 Å². The van der Waals surface area contributed by atoms with Crippen molar-refractivity contribution in [3.63, 3.8) is 0 Å². The molecule has 0 saturated heterocycles. The number of aromatic nitrogens is 4. The van der Waals surface area contributed by atoms with Crippen LogP contribution in [0.3, 0.4) is 0 Å². The van der Waals surface area contributed by atoms with Crippen LogP contribution in [0.5, 0.6) is 0 Å². The van der Waals surface area contributed by atoms with Crippen molar-refractivity contribution in [2.24, 2.45) is 0 Å². The van der Waals surface area contributed by atoms with E-state index in [-0.39, 0.29) is 6.04 Å². The molecule has 0 bridgehead atoms. The van der Waals surface area contributed by atoms with E-state index < -0.39 is 11.7 Å². The monoisotopic (exact) mass is 530 g/mol. The summed E-state index contributed by atoms with van der Waals surface area (Å²) in [6, 6.07) is 11.5. The lowest BCUT2D eigenvalue weighted by Crippen LogP contribution is -2.38. The molecule has 3 N–H and O–H groups in total. The molecular formula is C27H33F3N6S. The Hall–Kier alpha value is -2.98. The van der Waals surface area contributed by atoms with Crippen molar-refractivity contribution in [3.8, 4) is 10.6 Å². The number of benzene rings is 2. The molecule has 0 aliphatic heterocycles. The fourth-order valence-corrected chi connectivity index (χ4v) is 5.05. The molecular weight excluding hydrogens is 497 g/mol. The Morgan fingerprint density at radius 2 is 1.86 bits per heavy atom. The van der Waals surface area contributed by atoms with Crippen molar-refractivity contribution in [2.45, 2.75) is 64.6 Å². The quantitative estimate of drug-likeness (QED) is 0.162. The number of fused-ring (bicyclic) bond motifs is 1. The molecule has 1 atom stereocenters. The van der Waals surface area contributed by atoms with Crippen LogP contribution in [0.4, 0.5) is 18.3 Å². The molecule has 2 aromatic carbocycles. The highest BCUT2D eigenvalue weighted by atomic mass is 32.1. The van der Waals surface area contributed by atoms with Gasteiger partial charge in [0, 0.05) is 29.2 Å². The summed E-state index contributed by atoms with van der Waals surface area (Å²) in [6.07, 6.45) is 1.93. The maximum Gasteiger partial charge on any atom is 0.416 e. The second kappa shape index (κ2) is 12.5. The van der Waals surface area contributed by atoms with Gasteiger partial charge in [-0.15, -0.1) is 10.2 Å². The lowest BCUT2D eigenvalue weighted by molar-refractivity contribution is -0.137. The highest BCUT2D eigenvalue weighted by Crippen LogP contribution is 2.31. The molecule has 0 spiro atoms. The molecule has 0 radical (unpaired) electrons. The fourth-order valence-electron chi connectivity index (χ4n) is 4.30. The van der Waals surface area contributed by atoms with Crippen LogP contribution in [-0.4, -0.2) is 39.5 Å². The third-order valence-corrected chi connectivity index (χ3v) is 7.30. The molecule has 2 aromatic heterocycles. The number of rotatable bonds is 13. The molecule has 10 heteroatoms. The van der Waals surface area contributed by atoms with Crippen LogP contribution in [0.25, 0.3) is 21.5 Å². The summed E-state index contributed by atoms with van der Waals surface area (Å²) < 4.78 is 39.6. The van der Waals surface area contributed by atoms with E-state index in [4.69, 9.17) is 0 Å². The molecule has 0 fully saturated rings. The van der Waals surface area contributed by atoms with Gasteiger partial charge in [0.1, 0.15) is 5.01 Å². The SMILES string of the molecule is CCCCCCCNC(CNc1nnc(-c2ccc3n[nH]c(C)c3c2)s1)Cc1cccc(C(F)(F)F)c1. The molecule has 37 heavy (non-hydrogen) atoms. The summed E-state index contributed by atoms with van der Waals surface area (Å²) in [4.78, 5) is 0. The summed E-state index contributed by atoms with van der Waals surface area (Å²) >= 11 is 1.45. The van der Waals surface area contributed by atoms with E-state index in [1.165, 1.54) is 42.7 Å². The third kappa shape index (κ3) is 7.52. The number of H-pyrrole nitrogens is 1. The number of hydrogen-bond acceptors (Lipinski definition) is 6. The largest absolute Gasteiger partial charge is 0.416 e. The number of aromatic amines is 1. The first kappa shape index (κ1) is 27.1. The predicted octanol–water partition coefficient (Wildman–Crippen LogP) is 6.99. The van der Waals surface area contributed by atoms with Crippen LogP contribution in [0.1, 0.15) is 55.8 Å². The number of halogens is 3. The maximum absolute atomic E-state index is 13.2. The third-order valence-electron chi connectivity index (χ3n) is 6.37. The van der Waals surface area contributed by atoms with E-state index in [1.54, 1.807) is 6.07 Å². The summed E-state index contributed by atoms with van der Waals surface area (Å²) in [5.74, 6) is 0. The minimum atomic E-state index is -4.35. The highest BCUT2D eigenvalue weighted by Gasteiger charge is 2.30. The van der Waals surface area contributed by atoms with Gasteiger partial charge in [-0.1, -0.05) is 62.1 Å². The summed E-state index contributed by atoms with van der Waals surface area (Å²) in [6.45, 7) is 5.51. The van der Waals surface area contributed by atoms with Crippen LogP contribution in [0.2, 0.25) is 0 Å². The van der Waals surface area contributed by atoms with Gasteiger partial charge in [-0.25, -0.2) is 0 Å². The molecule has 0 amide bonds. The minimum Gasteiger partial charge on any atom is -0.358 e. The standard InChI is InChI=1S/C27H33F3N6S/c1-3-4-5-6-7-13-31-22(15-19-9-8-10-21(14-19)27(28,29)30)17-32-26-36-35-25(37-26)20-11-12-24-23(16-20)18(2)33-34-24/h8-12,14,16,22,31H,3-7,13,15,17H2,1-2H3,(H,32,36)(H,33,34). The van der Waals surface area contributed by atoms with Crippen molar-refractivity contribution in [2.75, 3.05) is 18.4 Å². The number of hydrogen-bond donors (Lipinski definition) is 3. The van der Waals surface area contributed by atoms with Gasteiger partial charge < -0.3 is 10.6 Å². The Kier molecular flexibility index (Phi) is 9.15. The van der Waals surface area contributed by atoms with Crippen molar-refractivity contribution in [1.82, 2.24) is 25.7 Å². The van der Waals surface area contributed by atoms with Crippen molar-refractivity contribution in [1.29, 1.82) is 0 Å². The van der Waals surface area contributed by atoms with Gasteiger partial charge >= 0.3 is 6.18 Å². The number of anilines is 1. The number of unbranched alkanes of at least 4 members (excludes halogenated alkanes) is 4. The first-order valence-electron chi connectivity index (χ1n) is 12.8. The second-order valence-electron chi connectivity index (χ2n) is 9.34. The highest BCUT2D eigenvalue weighted by molar-refractivity contribution is 7.18. The number of nitrogens with zero attached hydrogens (tertiary/aromatic N) is 3. The minimum absolute atomic E-state index is 0.0491. The van der Waals surface area contributed by atoms with Crippen molar-refractivity contribution in [3.05, 3.63) is 59.3 Å². The lowest BCUT2D eigenvalue weighted by Gasteiger charge is -2.20. The Morgan fingerprint density at radius 3 is 2.68 bits per heavy atom. The zero-order valence-corrected chi connectivity index (χ0v) is 22.0. The van der Waals surface area contributed by atoms with Gasteiger partial charge in [0.05, 0.1) is 11.1 Å². The molecule has 0 saturated carbocycles. The van der Waals surface area contributed by atoms with Gasteiger partial charge in [-0.05, 0) is 56.1 Å². The van der Waals surface area contributed by atoms with E-state index in [0.717, 1.165) is 52.6 Å². The Bertz CT molecular complexity index is 1280. The Morgan fingerprint density at radius 1 is 1.03 bits per heavy atom. The smallest absolute Gasteiger partial charge is 0.358 e. The van der Waals surface area contributed by atoms with E-state index in [1.807, 2.05) is 19.1 Å². The average molecular weight is 531 g/mol.